The number of hydrogen-bond donors (Lipinski definition) is 2. The second-order valence-electron chi connectivity index (χ2n) is 7.69. The molecule has 1 amide bonds. The lowest BCUT2D eigenvalue weighted by atomic mass is 10.2. The van der Waals surface area contributed by atoms with Crippen LogP contribution in [0.2, 0.25) is 0 Å². The van der Waals surface area contributed by atoms with Crippen LogP contribution in [0.3, 0.4) is 0 Å². The van der Waals surface area contributed by atoms with Gasteiger partial charge in [0.05, 0.1) is 17.5 Å². The first kappa shape index (κ1) is 25.5. The van der Waals surface area contributed by atoms with Gasteiger partial charge in [-0.25, -0.2) is 4.72 Å². The fraction of sp³-hybridized carbons (Fsp3) is 0.333. The zero-order chi connectivity index (χ0) is 25.1. The number of amides is 1. The molecule has 2 heterocycles. The second kappa shape index (κ2) is 9.99. The van der Waals surface area contributed by atoms with Crippen molar-refractivity contribution in [3.05, 3.63) is 47.8 Å². The molecule has 0 fully saturated rings. The predicted molar refractivity (Wildman–Crippen MR) is 129 cm³/mol. The zero-order valence-corrected chi connectivity index (χ0v) is 20.9. The molecule has 11 nitrogen and oxygen atoms in total. The van der Waals surface area contributed by atoms with E-state index < -0.39 is 26.2 Å². The predicted octanol–water partition coefficient (Wildman–Crippen LogP) is 1.77. The van der Waals surface area contributed by atoms with Crippen molar-refractivity contribution in [3.8, 4) is 11.6 Å². The molecular formula is C21H27N5O6S2. The van der Waals surface area contributed by atoms with E-state index in [9.17, 15) is 21.6 Å². The molecule has 1 aromatic carbocycles. The van der Waals surface area contributed by atoms with Crippen molar-refractivity contribution in [2.24, 2.45) is 7.05 Å². The molecule has 0 aliphatic carbocycles. The first-order chi connectivity index (χ1) is 15.9. The molecule has 2 aromatic heterocycles. The Labute approximate surface area is 198 Å². The SMILES string of the molecule is CCCCNS(=O)(=O)NC(=O)/C=C/c1c(C)nn(C)c1-n1ccc2ccc(OS(C)(=O)=O)cc21. The summed E-state index contributed by atoms with van der Waals surface area (Å²) in [6.45, 7) is 3.92. The van der Waals surface area contributed by atoms with Gasteiger partial charge in [-0.3, -0.25) is 9.48 Å². The molecular weight excluding hydrogens is 482 g/mol. The van der Waals surface area contributed by atoms with Gasteiger partial charge in [-0.15, -0.1) is 0 Å². The summed E-state index contributed by atoms with van der Waals surface area (Å²) in [6, 6.07) is 6.72. The molecule has 0 saturated heterocycles. The highest BCUT2D eigenvalue weighted by atomic mass is 32.2. The minimum atomic E-state index is -3.95. The molecule has 0 aliphatic heterocycles. The number of carbonyl (C=O) groups excluding carboxylic acids is 1. The largest absolute Gasteiger partial charge is 0.383 e. The summed E-state index contributed by atoms with van der Waals surface area (Å²) in [6.07, 6.45) is 6.83. The number of nitrogens with one attached hydrogen (secondary N) is 2. The fourth-order valence-electron chi connectivity index (χ4n) is 3.41. The molecule has 2 N–H and O–H groups in total. The molecule has 184 valence electrons. The van der Waals surface area contributed by atoms with Gasteiger partial charge in [-0.05, 0) is 37.6 Å². The average Bonchev–Trinajstić information content (AvgIpc) is 3.23. The summed E-state index contributed by atoms with van der Waals surface area (Å²) < 4.78 is 59.7. The molecule has 0 bridgehead atoms. The second-order valence-corrected chi connectivity index (χ2v) is 10.8. The Kier molecular flexibility index (Phi) is 7.48. The third-order valence-corrected chi connectivity index (χ3v) is 6.39. The maximum absolute atomic E-state index is 12.2. The summed E-state index contributed by atoms with van der Waals surface area (Å²) in [7, 11) is -5.92. The minimum absolute atomic E-state index is 0.158. The quantitative estimate of drug-likeness (QED) is 0.241. The Hall–Kier alpha value is -3.16. The highest BCUT2D eigenvalue weighted by molar-refractivity contribution is 7.88. The van der Waals surface area contributed by atoms with Gasteiger partial charge in [-0.1, -0.05) is 13.3 Å². The molecule has 0 radical (unpaired) electrons. The van der Waals surface area contributed by atoms with E-state index in [2.05, 4.69) is 9.82 Å². The van der Waals surface area contributed by atoms with Gasteiger partial charge in [0.2, 0.25) is 0 Å². The van der Waals surface area contributed by atoms with Crippen molar-refractivity contribution in [1.82, 2.24) is 23.8 Å². The first-order valence-corrected chi connectivity index (χ1v) is 13.7. The Balaban J connectivity index is 1.93. The lowest BCUT2D eigenvalue weighted by Crippen LogP contribution is -2.39. The number of carbonyl (C=O) groups is 1. The zero-order valence-electron chi connectivity index (χ0n) is 19.3. The van der Waals surface area contributed by atoms with E-state index in [1.807, 2.05) is 17.7 Å². The summed E-state index contributed by atoms with van der Waals surface area (Å²) in [5.74, 6) is -0.0533. The van der Waals surface area contributed by atoms with E-state index in [4.69, 9.17) is 4.18 Å². The third kappa shape index (κ3) is 6.24. The Bertz CT molecular complexity index is 1450. The van der Waals surface area contributed by atoms with Gasteiger partial charge in [0.25, 0.3) is 5.91 Å². The molecule has 34 heavy (non-hydrogen) atoms. The number of hydrogen-bond acceptors (Lipinski definition) is 7. The number of nitrogens with zero attached hydrogens (tertiary/aromatic N) is 3. The normalized spacial score (nSPS) is 12.5. The smallest absolute Gasteiger partial charge is 0.306 e. The van der Waals surface area contributed by atoms with Gasteiger partial charge >= 0.3 is 20.3 Å². The Morgan fingerprint density at radius 1 is 1.21 bits per heavy atom. The highest BCUT2D eigenvalue weighted by Crippen LogP contribution is 2.28. The number of benzene rings is 1. The molecule has 0 unspecified atom stereocenters. The molecule has 0 aliphatic rings. The lowest BCUT2D eigenvalue weighted by molar-refractivity contribution is -0.114. The van der Waals surface area contributed by atoms with E-state index in [0.29, 0.717) is 29.0 Å². The van der Waals surface area contributed by atoms with E-state index in [-0.39, 0.29) is 12.3 Å². The van der Waals surface area contributed by atoms with Gasteiger partial charge < -0.3 is 8.75 Å². The van der Waals surface area contributed by atoms with Crippen LogP contribution in [-0.4, -0.2) is 49.9 Å². The minimum Gasteiger partial charge on any atom is -0.383 e. The van der Waals surface area contributed by atoms with E-state index >= 15 is 0 Å². The Morgan fingerprint density at radius 2 is 1.94 bits per heavy atom. The highest BCUT2D eigenvalue weighted by Gasteiger charge is 2.17. The van der Waals surface area contributed by atoms with Crippen molar-refractivity contribution in [2.75, 3.05) is 12.8 Å². The van der Waals surface area contributed by atoms with Gasteiger partial charge in [0.1, 0.15) is 11.6 Å². The molecule has 3 rings (SSSR count). The molecule has 13 heteroatoms. The van der Waals surface area contributed by atoms with Crippen LogP contribution in [0.4, 0.5) is 0 Å². The van der Waals surface area contributed by atoms with Crippen LogP contribution in [0.25, 0.3) is 22.8 Å². The number of aromatic nitrogens is 3. The van der Waals surface area contributed by atoms with Crippen molar-refractivity contribution in [3.63, 3.8) is 0 Å². The summed E-state index contributed by atoms with van der Waals surface area (Å²) in [4.78, 5) is 12.2. The van der Waals surface area contributed by atoms with E-state index in [1.54, 1.807) is 47.6 Å². The van der Waals surface area contributed by atoms with Crippen LogP contribution in [-0.2, 0) is 32.2 Å². The van der Waals surface area contributed by atoms with Crippen molar-refractivity contribution >= 4 is 43.2 Å². The van der Waals surface area contributed by atoms with Crippen molar-refractivity contribution in [1.29, 1.82) is 0 Å². The van der Waals surface area contributed by atoms with Crippen LogP contribution in [0.15, 0.2) is 36.5 Å². The number of aryl methyl sites for hydroxylation is 2. The maximum atomic E-state index is 12.2. The number of fused-ring (bicyclic) bond motifs is 1. The van der Waals surface area contributed by atoms with E-state index in [1.165, 1.54) is 6.08 Å². The van der Waals surface area contributed by atoms with Crippen LogP contribution in [0.5, 0.6) is 5.75 Å². The fourth-order valence-corrected chi connectivity index (χ4v) is 4.68. The summed E-state index contributed by atoms with van der Waals surface area (Å²) >= 11 is 0. The average molecular weight is 510 g/mol. The lowest BCUT2D eigenvalue weighted by Gasteiger charge is -2.09. The number of unbranched alkanes of at least 4 members (excludes halogenated alkanes) is 1. The Morgan fingerprint density at radius 3 is 2.62 bits per heavy atom. The standard InChI is InChI=1S/C21H27N5O6S2/c1-5-6-12-22-34(30,31)24-20(27)10-9-18-15(2)23-25(3)21(18)26-13-11-16-7-8-17(14-19(16)26)32-33(4,28)29/h7-11,13-14,22H,5-6,12H2,1-4H3,(H,24,27)/b10-9+. The molecule has 3 aromatic rings. The van der Waals surface area contributed by atoms with Crippen molar-refractivity contribution in [2.45, 2.75) is 26.7 Å². The van der Waals surface area contributed by atoms with Gasteiger partial charge in [0, 0.05) is 42.9 Å². The van der Waals surface area contributed by atoms with Crippen LogP contribution in [0, 0.1) is 6.92 Å². The number of rotatable bonds is 10. The van der Waals surface area contributed by atoms with Gasteiger partial charge in [0.15, 0.2) is 0 Å². The summed E-state index contributed by atoms with van der Waals surface area (Å²) in [5.41, 5.74) is 1.85. The molecule has 0 atom stereocenters. The molecule has 0 saturated carbocycles. The monoisotopic (exact) mass is 509 g/mol. The van der Waals surface area contributed by atoms with Crippen LogP contribution < -0.4 is 13.6 Å². The summed E-state index contributed by atoms with van der Waals surface area (Å²) in [5, 5.41) is 5.24. The van der Waals surface area contributed by atoms with Crippen molar-refractivity contribution < 1.29 is 25.8 Å². The first-order valence-electron chi connectivity index (χ1n) is 10.4. The van der Waals surface area contributed by atoms with Crippen LogP contribution in [0.1, 0.15) is 31.0 Å². The van der Waals surface area contributed by atoms with E-state index in [0.717, 1.165) is 24.1 Å². The van der Waals surface area contributed by atoms with Gasteiger partial charge in [-0.2, -0.15) is 26.7 Å². The third-order valence-electron chi connectivity index (χ3n) is 4.84. The van der Waals surface area contributed by atoms with Crippen LogP contribution >= 0.6 is 0 Å². The maximum Gasteiger partial charge on any atom is 0.306 e. The molecule has 0 spiro atoms. The topological polar surface area (TPSA) is 141 Å².